The highest BCUT2D eigenvalue weighted by molar-refractivity contribution is 6.41. The summed E-state index contributed by atoms with van der Waals surface area (Å²) in [5.74, 6) is -1.43. The summed E-state index contributed by atoms with van der Waals surface area (Å²) < 4.78 is 9.12. The zero-order valence-corrected chi connectivity index (χ0v) is 8.60. The molecular weight excluding hydrogens is 202 g/mol. The topological polar surface area (TPSA) is 85.2 Å². The Morgan fingerprint density at radius 1 is 1.20 bits per heavy atom. The first-order valence-electron chi connectivity index (χ1n) is 4.39. The third kappa shape index (κ3) is 5.45. The van der Waals surface area contributed by atoms with Crippen molar-refractivity contribution < 1.29 is 24.3 Å². The van der Waals surface area contributed by atoms with Crippen molar-refractivity contribution in [2.24, 2.45) is 5.16 Å². The molecule has 6 heteroatoms. The van der Waals surface area contributed by atoms with Crippen molar-refractivity contribution in [1.82, 2.24) is 0 Å². The van der Waals surface area contributed by atoms with Gasteiger partial charge in [0.25, 0.3) is 0 Å². The first-order chi connectivity index (χ1) is 7.15. The molecule has 0 aliphatic carbocycles. The van der Waals surface area contributed by atoms with E-state index in [1.165, 1.54) is 0 Å². The number of rotatable bonds is 5. The van der Waals surface area contributed by atoms with Crippen molar-refractivity contribution in [1.29, 1.82) is 0 Å². The van der Waals surface area contributed by atoms with Gasteiger partial charge in [-0.25, -0.2) is 9.59 Å². The number of nitrogens with zero attached hydrogens (tertiary/aromatic N) is 1. The van der Waals surface area contributed by atoms with Crippen molar-refractivity contribution in [3.05, 3.63) is 12.2 Å². The molecule has 0 saturated carbocycles. The number of oxime groups is 1. The second-order valence-electron chi connectivity index (χ2n) is 2.29. The monoisotopic (exact) mass is 215 g/mol. The molecule has 0 aromatic heterocycles. The van der Waals surface area contributed by atoms with Gasteiger partial charge in [-0.1, -0.05) is 5.16 Å². The number of esters is 2. The Balaban J connectivity index is 4.34. The van der Waals surface area contributed by atoms with E-state index in [1.54, 1.807) is 13.8 Å². The number of hydrogen-bond acceptors (Lipinski definition) is 6. The Bertz CT molecular complexity index is 282. The average molecular weight is 215 g/mol. The van der Waals surface area contributed by atoms with Crippen LogP contribution < -0.4 is 0 Å². The molecule has 0 rings (SSSR count). The molecule has 0 aromatic rings. The maximum Gasteiger partial charge on any atom is 0.360 e. The van der Waals surface area contributed by atoms with Gasteiger partial charge in [0.05, 0.1) is 13.2 Å². The van der Waals surface area contributed by atoms with Crippen LogP contribution in [0.1, 0.15) is 13.8 Å². The van der Waals surface area contributed by atoms with Crippen molar-refractivity contribution >= 4 is 17.7 Å². The van der Waals surface area contributed by atoms with Crippen molar-refractivity contribution in [3.63, 3.8) is 0 Å². The number of ether oxygens (including phenoxy) is 2. The molecule has 0 fully saturated rings. The normalized spacial score (nSPS) is 11.5. The van der Waals surface area contributed by atoms with Crippen molar-refractivity contribution in [2.75, 3.05) is 13.2 Å². The summed E-state index contributed by atoms with van der Waals surface area (Å²) in [5, 5.41) is 11.1. The molecule has 0 bridgehead atoms. The molecule has 0 heterocycles. The Hall–Kier alpha value is -1.85. The highest BCUT2D eigenvalue weighted by atomic mass is 16.5. The van der Waals surface area contributed by atoms with Crippen LogP contribution in [0, 0.1) is 0 Å². The second-order valence-corrected chi connectivity index (χ2v) is 2.29. The van der Waals surface area contributed by atoms with E-state index in [2.05, 4.69) is 14.6 Å². The van der Waals surface area contributed by atoms with E-state index in [4.69, 9.17) is 5.21 Å². The molecule has 84 valence electrons. The van der Waals surface area contributed by atoms with Crippen LogP contribution >= 0.6 is 0 Å². The van der Waals surface area contributed by atoms with Crippen molar-refractivity contribution in [3.8, 4) is 0 Å². The Morgan fingerprint density at radius 2 is 1.80 bits per heavy atom. The molecule has 0 unspecified atom stereocenters. The second kappa shape index (κ2) is 7.54. The molecule has 0 aliphatic rings. The average Bonchev–Trinajstić information content (AvgIpc) is 2.19. The van der Waals surface area contributed by atoms with E-state index in [0.717, 1.165) is 12.2 Å². The van der Waals surface area contributed by atoms with Gasteiger partial charge in [-0.3, -0.25) is 0 Å². The van der Waals surface area contributed by atoms with Crippen LogP contribution in [0.15, 0.2) is 17.3 Å². The van der Waals surface area contributed by atoms with Gasteiger partial charge in [-0.15, -0.1) is 0 Å². The first kappa shape index (κ1) is 13.2. The van der Waals surface area contributed by atoms with Gasteiger partial charge >= 0.3 is 11.9 Å². The molecular formula is C9H13NO5. The lowest BCUT2D eigenvalue weighted by atomic mass is 10.3. The fraction of sp³-hybridized carbons (Fsp3) is 0.444. The van der Waals surface area contributed by atoms with Crippen LogP contribution in [0.2, 0.25) is 0 Å². The summed E-state index contributed by atoms with van der Waals surface area (Å²) in [7, 11) is 0. The molecule has 0 spiro atoms. The van der Waals surface area contributed by atoms with E-state index in [9.17, 15) is 9.59 Å². The van der Waals surface area contributed by atoms with Gasteiger partial charge in [0.15, 0.2) is 5.71 Å². The summed E-state index contributed by atoms with van der Waals surface area (Å²) in [6.07, 6.45) is 2.01. The summed E-state index contributed by atoms with van der Waals surface area (Å²) in [4.78, 5) is 21.9. The van der Waals surface area contributed by atoms with E-state index < -0.39 is 11.9 Å². The van der Waals surface area contributed by atoms with Crippen LogP contribution in [0.3, 0.4) is 0 Å². The predicted molar refractivity (Wildman–Crippen MR) is 51.6 cm³/mol. The fourth-order valence-corrected chi connectivity index (χ4v) is 0.685. The van der Waals surface area contributed by atoms with Gasteiger partial charge < -0.3 is 14.7 Å². The van der Waals surface area contributed by atoms with Crippen LogP contribution in [-0.4, -0.2) is 36.1 Å². The number of hydrogen-bond donors (Lipinski definition) is 1. The number of carbonyl (C=O) groups is 2. The van der Waals surface area contributed by atoms with Gasteiger partial charge in [0.1, 0.15) is 0 Å². The lowest BCUT2D eigenvalue weighted by molar-refractivity contribution is -0.137. The maximum atomic E-state index is 11.0. The standard InChI is InChI=1S/C9H13NO5/c1-3-14-8(11)6-5-7(10-13)9(12)15-4-2/h5-6,13H,3-4H2,1-2H3/b6-5+,10-7-. The molecule has 0 amide bonds. The summed E-state index contributed by atoms with van der Waals surface area (Å²) in [6.45, 7) is 3.65. The lowest BCUT2D eigenvalue weighted by Crippen LogP contribution is -2.16. The van der Waals surface area contributed by atoms with E-state index in [0.29, 0.717) is 0 Å². The minimum Gasteiger partial charge on any atom is -0.463 e. The van der Waals surface area contributed by atoms with Gasteiger partial charge in [0.2, 0.25) is 0 Å². The SMILES string of the molecule is CCOC(=O)/C=C/C(=N/O)C(=O)OCC. The van der Waals surface area contributed by atoms with Gasteiger partial charge in [-0.05, 0) is 19.9 Å². The van der Waals surface area contributed by atoms with Crippen LogP contribution in [0.25, 0.3) is 0 Å². The minimum atomic E-state index is -0.805. The zero-order chi connectivity index (χ0) is 11.7. The van der Waals surface area contributed by atoms with E-state index >= 15 is 0 Å². The smallest absolute Gasteiger partial charge is 0.360 e. The first-order valence-corrected chi connectivity index (χ1v) is 4.39. The molecule has 1 N–H and O–H groups in total. The van der Waals surface area contributed by atoms with E-state index in [-0.39, 0.29) is 18.9 Å². The number of carbonyl (C=O) groups excluding carboxylic acids is 2. The molecule has 0 aliphatic heterocycles. The molecule has 0 saturated heterocycles. The van der Waals surface area contributed by atoms with Crippen LogP contribution in [0.5, 0.6) is 0 Å². The highest BCUT2D eigenvalue weighted by Crippen LogP contribution is 1.89. The molecule has 0 atom stereocenters. The Labute approximate surface area is 87.2 Å². The Morgan fingerprint density at radius 3 is 2.27 bits per heavy atom. The highest BCUT2D eigenvalue weighted by Gasteiger charge is 2.10. The third-order valence-corrected chi connectivity index (χ3v) is 1.26. The molecule has 15 heavy (non-hydrogen) atoms. The van der Waals surface area contributed by atoms with E-state index in [1.807, 2.05) is 0 Å². The van der Waals surface area contributed by atoms with Gasteiger partial charge in [0, 0.05) is 6.08 Å². The summed E-state index contributed by atoms with van der Waals surface area (Å²) in [6, 6.07) is 0. The van der Waals surface area contributed by atoms with Gasteiger partial charge in [-0.2, -0.15) is 0 Å². The zero-order valence-electron chi connectivity index (χ0n) is 8.60. The fourth-order valence-electron chi connectivity index (χ4n) is 0.685. The molecule has 6 nitrogen and oxygen atoms in total. The van der Waals surface area contributed by atoms with Crippen LogP contribution in [-0.2, 0) is 19.1 Å². The minimum absolute atomic E-state index is 0.158. The summed E-state index contributed by atoms with van der Waals surface area (Å²) in [5.41, 5.74) is -0.357. The van der Waals surface area contributed by atoms with Crippen molar-refractivity contribution in [2.45, 2.75) is 13.8 Å². The summed E-state index contributed by atoms with van der Waals surface area (Å²) >= 11 is 0. The molecule has 0 aromatic carbocycles. The largest absolute Gasteiger partial charge is 0.463 e. The van der Waals surface area contributed by atoms with Crippen LogP contribution in [0.4, 0.5) is 0 Å². The Kier molecular flexibility index (Phi) is 6.61. The maximum absolute atomic E-state index is 11.0. The molecule has 0 radical (unpaired) electrons. The lowest BCUT2D eigenvalue weighted by Gasteiger charge is -1.99. The third-order valence-electron chi connectivity index (χ3n) is 1.26. The predicted octanol–water partition coefficient (Wildman–Crippen LogP) is 0.499. The quantitative estimate of drug-likeness (QED) is 0.237.